The zero-order valence-corrected chi connectivity index (χ0v) is 13.8. The summed E-state index contributed by atoms with van der Waals surface area (Å²) in [4.78, 5) is 23.2. The number of carbonyl (C=O) groups excluding carboxylic acids is 2. The molecule has 0 saturated carbocycles. The predicted octanol–water partition coefficient (Wildman–Crippen LogP) is 2.22. The molecule has 5 nitrogen and oxygen atoms in total. The number of hydrogen-bond acceptors (Lipinski definition) is 3. The van der Waals surface area contributed by atoms with Crippen molar-refractivity contribution in [2.45, 2.75) is 46.1 Å². The van der Waals surface area contributed by atoms with E-state index in [1.54, 1.807) is 6.92 Å². The Morgan fingerprint density at radius 1 is 1.14 bits per heavy atom. The van der Waals surface area contributed by atoms with Gasteiger partial charge >= 0.3 is 0 Å². The highest BCUT2D eigenvalue weighted by Crippen LogP contribution is 2.18. The second-order valence-corrected chi connectivity index (χ2v) is 5.51. The molecular formula is C17H26N2O3. The van der Waals surface area contributed by atoms with Crippen molar-refractivity contribution >= 4 is 11.8 Å². The van der Waals surface area contributed by atoms with Gasteiger partial charge in [0, 0.05) is 6.54 Å². The Labute approximate surface area is 132 Å². The van der Waals surface area contributed by atoms with E-state index in [2.05, 4.69) is 24.5 Å². The van der Waals surface area contributed by atoms with Gasteiger partial charge < -0.3 is 15.4 Å². The first-order valence-electron chi connectivity index (χ1n) is 7.73. The Hall–Kier alpha value is -2.04. The summed E-state index contributed by atoms with van der Waals surface area (Å²) in [6.07, 6.45) is 0.218. The summed E-state index contributed by atoms with van der Waals surface area (Å²) in [6, 6.07) is 7.33. The van der Waals surface area contributed by atoms with Gasteiger partial charge in [-0.1, -0.05) is 26.0 Å². The van der Waals surface area contributed by atoms with Crippen molar-refractivity contribution in [3.8, 4) is 5.75 Å². The molecule has 0 aromatic heterocycles. The molecule has 0 unspecified atom stereocenters. The maximum atomic E-state index is 11.7. The average molecular weight is 306 g/mol. The van der Waals surface area contributed by atoms with Crippen molar-refractivity contribution in [3.05, 3.63) is 29.8 Å². The van der Waals surface area contributed by atoms with Crippen LogP contribution in [0.1, 0.15) is 45.6 Å². The van der Waals surface area contributed by atoms with Gasteiger partial charge in [0.1, 0.15) is 11.8 Å². The maximum absolute atomic E-state index is 11.7. The number of nitrogens with one attached hydrogen (secondary N) is 2. The molecular weight excluding hydrogens is 280 g/mol. The van der Waals surface area contributed by atoms with E-state index in [4.69, 9.17) is 4.74 Å². The van der Waals surface area contributed by atoms with Crippen molar-refractivity contribution < 1.29 is 14.3 Å². The lowest BCUT2D eigenvalue weighted by molar-refractivity contribution is -0.128. The molecule has 0 saturated heterocycles. The molecule has 2 N–H and O–H groups in total. The fraction of sp³-hybridized carbons (Fsp3) is 0.529. The van der Waals surface area contributed by atoms with Gasteiger partial charge in [-0.3, -0.25) is 9.59 Å². The third-order valence-electron chi connectivity index (χ3n) is 3.27. The van der Waals surface area contributed by atoms with Crippen LogP contribution in [0, 0.1) is 0 Å². The topological polar surface area (TPSA) is 67.4 Å². The first kappa shape index (κ1) is 18.0. The fourth-order valence-electron chi connectivity index (χ4n) is 1.92. The van der Waals surface area contributed by atoms with Gasteiger partial charge in [0.05, 0.1) is 13.0 Å². The summed E-state index contributed by atoms with van der Waals surface area (Å²) in [7, 11) is 0. The van der Waals surface area contributed by atoms with Gasteiger partial charge in [-0.2, -0.15) is 0 Å². The van der Waals surface area contributed by atoms with Crippen LogP contribution in [0.4, 0.5) is 0 Å². The van der Waals surface area contributed by atoms with Crippen LogP contribution in [0.5, 0.6) is 5.75 Å². The fourth-order valence-corrected chi connectivity index (χ4v) is 1.92. The third-order valence-corrected chi connectivity index (χ3v) is 3.27. The Morgan fingerprint density at radius 2 is 1.77 bits per heavy atom. The summed E-state index contributed by atoms with van der Waals surface area (Å²) < 4.78 is 5.54. The van der Waals surface area contributed by atoms with Crippen LogP contribution in [0.3, 0.4) is 0 Å². The van der Waals surface area contributed by atoms with E-state index in [0.29, 0.717) is 12.5 Å². The van der Waals surface area contributed by atoms with Gasteiger partial charge in [0.15, 0.2) is 0 Å². The lowest BCUT2D eigenvalue weighted by Crippen LogP contribution is -2.45. The van der Waals surface area contributed by atoms with Crippen molar-refractivity contribution in [1.29, 1.82) is 0 Å². The van der Waals surface area contributed by atoms with Crippen LogP contribution in [0.2, 0.25) is 0 Å². The summed E-state index contributed by atoms with van der Waals surface area (Å²) >= 11 is 0. The number of benzene rings is 1. The van der Waals surface area contributed by atoms with Crippen molar-refractivity contribution in [3.63, 3.8) is 0 Å². The first-order chi connectivity index (χ1) is 10.4. The number of likely N-dealkylation sites (N-methyl/N-ethyl adjacent to an activating group) is 1. The molecule has 1 aromatic carbocycles. The van der Waals surface area contributed by atoms with Gasteiger partial charge in [-0.05, 0) is 37.5 Å². The first-order valence-corrected chi connectivity index (χ1v) is 7.73. The molecule has 0 bridgehead atoms. The zero-order chi connectivity index (χ0) is 16.5. The average Bonchev–Trinajstić information content (AvgIpc) is 2.47. The largest absolute Gasteiger partial charge is 0.493 e. The molecule has 0 fully saturated rings. The predicted molar refractivity (Wildman–Crippen MR) is 86.9 cm³/mol. The molecule has 1 atom stereocenters. The molecule has 0 aliphatic rings. The minimum absolute atomic E-state index is 0.180. The van der Waals surface area contributed by atoms with Gasteiger partial charge in [0.25, 0.3) is 0 Å². The van der Waals surface area contributed by atoms with Crippen LogP contribution < -0.4 is 15.4 Å². The summed E-state index contributed by atoms with van der Waals surface area (Å²) in [5.74, 6) is 0.850. The van der Waals surface area contributed by atoms with Gasteiger partial charge in [-0.15, -0.1) is 0 Å². The van der Waals surface area contributed by atoms with E-state index in [-0.39, 0.29) is 24.8 Å². The van der Waals surface area contributed by atoms with E-state index in [1.165, 1.54) is 5.56 Å². The quantitative estimate of drug-likeness (QED) is 0.774. The lowest BCUT2D eigenvalue weighted by atomic mass is 10.0. The SMILES string of the molecule is CCNC(=O)[C@@H](C)NC(=O)CCOc1ccc(C(C)C)cc1. The smallest absolute Gasteiger partial charge is 0.242 e. The normalized spacial score (nSPS) is 11.9. The van der Waals surface area contributed by atoms with Crippen molar-refractivity contribution in [1.82, 2.24) is 10.6 Å². The van der Waals surface area contributed by atoms with Crippen LogP contribution in [0.25, 0.3) is 0 Å². The molecule has 22 heavy (non-hydrogen) atoms. The summed E-state index contributed by atoms with van der Waals surface area (Å²) in [6.45, 7) is 8.61. The van der Waals surface area contributed by atoms with Gasteiger partial charge in [-0.25, -0.2) is 0 Å². The number of carbonyl (C=O) groups is 2. The van der Waals surface area contributed by atoms with E-state index >= 15 is 0 Å². The molecule has 0 aliphatic carbocycles. The highest BCUT2D eigenvalue weighted by molar-refractivity contribution is 5.87. The maximum Gasteiger partial charge on any atom is 0.242 e. The molecule has 1 aromatic rings. The van der Waals surface area contributed by atoms with E-state index in [0.717, 1.165) is 5.75 Å². The molecule has 122 valence electrons. The molecule has 0 aliphatic heterocycles. The number of rotatable bonds is 8. The van der Waals surface area contributed by atoms with Crippen LogP contribution in [0.15, 0.2) is 24.3 Å². The van der Waals surface area contributed by atoms with Crippen molar-refractivity contribution in [2.24, 2.45) is 0 Å². The lowest BCUT2D eigenvalue weighted by Gasteiger charge is -2.13. The molecule has 5 heteroatoms. The van der Waals surface area contributed by atoms with E-state index in [1.807, 2.05) is 31.2 Å². The molecule has 0 spiro atoms. The Balaban J connectivity index is 2.31. The highest BCUT2D eigenvalue weighted by atomic mass is 16.5. The van der Waals surface area contributed by atoms with Crippen LogP contribution in [-0.2, 0) is 9.59 Å². The second kappa shape index (κ2) is 9.07. The third kappa shape index (κ3) is 6.16. The number of hydrogen-bond donors (Lipinski definition) is 2. The Bertz CT molecular complexity index is 483. The van der Waals surface area contributed by atoms with E-state index < -0.39 is 6.04 Å². The minimum Gasteiger partial charge on any atom is -0.493 e. The molecule has 2 amide bonds. The van der Waals surface area contributed by atoms with Crippen molar-refractivity contribution in [2.75, 3.05) is 13.2 Å². The zero-order valence-electron chi connectivity index (χ0n) is 13.8. The second-order valence-electron chi connectivity index (χ2n) is 5.51. The number of ether oxygens (including phenoxy) is 1. The summed E-state index contributed by atoms with van der Waals surface area (Å²) in [5.41, 5.74) is 1.25. The molecule has 0 heterocycles. The Kier molecular flexibility index (Phi) is 7.43. The van der Waals surface area contributed by atoms with Crippen LogP contribution >= 0.6 is 0 Å². The van der Waals surface area contributed by atoms with Gasteiger partial charge in [0.2, 0.25) is 11.8 Å². The highest BCUT2D eigenvalue weighted by Gasteiger charge is 2.14. The molecule has 1 rings (SSSR count). The Morgan fingerprint density at radius 3 is 2.32 bits per heavy atom. The monoisotopic (exact) mass is 306 g/mol. The van der Waals surface area contributed by atoms with Crippen LogP contribution in [-0.4, -0.2) is 31.0 Å². The van der Waals surface area contributed by atoms with E-state index in [9.17, 15) is 9.59 Å². The standard InChI is InChI=1S/C17H26N2O3/c1-5-18-17(21)13(4)19-16(20)10-11-22-15-8-6-14(7-9-15)12(2)3/h6-9,12-13H,5,10-11H2,1-4H3,(H,18,21)(H,19,20)/t13-/m1/s1. The molecule has 0 radical (unpaired) electrons. The summed E-state index contributed by atoms with van der Waals surface area (Å²) in [5, 5.41) is 5.31. The number of amides is 2. The minimum atomic E-state index is -0.530.